The van der Waals surface area contributed by atoms with Gasteiger partial charge < -0.3 is 24.4 Å². The summed E-state index contributed by atoms with van der Waals surface area (Å²) < 4.78 is 13.8. The van der Waals surface area contributed by atoms with E-state index in [1.807, 2.05) is 0 Å². The summed E-state index contributed by atoms with van der Waals surface area (Å²) in [7, 11) is 0. The lowest BCUT2D eigenvalue weighted by Gasteiger charge is -2.14. The molecule has 0 aromatic rings. The summed E-state index contributed by atoms with van der Waals surface area (Å²) in [6, 6.07) is 0. The van der Waals surface area contributed by atoms with Crippen LogP contribution in [0, 0.1) is 0 Å². The minimum Gasteiger partial charge on any atom is -0.462 e. The maximum absolute atomic E-state index is 11.6. The lowest BCUT2D eigenvalue weighted by molar-refractivity contribution is -0.148. The fraction of sp³-hybridized carbons (Fsp3) is 0.615. The molecule has 0 aliphatic heterocycles. The number of rotatable bonds is 11. The van der Waals surface area contributed by atoms with Gasteiger partial charge in [0, 0.05) is 12.0 Å². The highest BCUT2D eigenvalue weighted by Gasteiger charge is 2.19. The lowest BCUT2D eigenvalue weighted by atomic mass is 10.1. The molecule has 0 aromatic carbocycles. The van der Waals surface area contributed by atoms with Crippen molar-refractivity contribution >= 4 is 52.7 Å². The lowest BCUT2D eigenvalue weighted by Crippen LogP contribution is -2.27. The minimum absolute atomic E-state index is 0.114. The second-order valence-corrected chi connectivity index (χ2v) is 5.82. The Balaban J connectivity index is 4.03. The van der Waals surface area contributed by atoms with Crippen molar-refractivity contribution in [2.45, 2.75) is 23.5 Å². The van der Waals surface area contributed by atoms with Gasteiger partial charge >= 0.3 is 17.9 Å². The monoisotopic (exact) mass is 406 g/mol. The van der Waals surface area contributed by atoms with E-state index in [-0.39, 0.29) is 24.5 Å². The number of hydrogen-bond acceptors (Lipinski definition) is 8. The Kier molecular flexibility index (Phi) is 11.8. The first-order valence-corrected chi connectivity index (χ1v) is 7.95. The highest BCUT2D eigenvalue weighted by atomic mass is 35.5. The maximum Gasteiger partial charge on any atom is 0.339 e. The topological polar surface area (TPSA) is 119 Å². The van der Waals surface area contributed by atoms with Gasteiger partial charge in [-0.25, -0.2) is 9.59 Å². The molecule has 0 saturated heterocycles. The number of alkyl halides is 3. The van der Waals surface area contributed by atoms with Gasteiger partial charge in [0.05, 0.1) is 6.10 Å². The molecule has 138 valence electrons. The number of aliphatic hydroxyl groups excluding tert-OH is 2. The van der Waals surface area contributed by atoms with Crippen LogP contribution in [0.4, 0.5) is 0 Å². The van der Waals surface area contributed by atoms with Crippen LogP contribution in [-0.4, -0.2) is 70.9 Å². The first-order chi connectivity index (χ1) is 11.2. The van der Waals surface area contributed by atoms with Gasteiger partial charge in [0.2, 0.25) is 4.84 Å². The largest absolute Gasteiger partial charge is 0.462 e. The summed E-state index contributed by atoms with van der Waals surface area (Å²) >= 11 is 15.7. The second-order valence-electron chi connectivity index (χ2n) is 4.46. The van der Waals surface area contributed by atoms with Gasteiger partial charge in [0.15, 0.2) is 0 Å². The van der Waals surface area contributed by atoms with Crippen molar-refractivity contribution in [2.75, 3.05) is 25.7 Å². The van der Waals surface area contributed by atoms with Crippen LogP contribution in [-0.2, 0) is 28.6 Å². The molecule has 0 rings (SSSR count). The molecule has 8 nitrogen and oxygen atoms in total. The molecule has 0 bridgehead atoms. The van der Waals surface area contributed by atoms with E-state index in [9.17, 15) is 24.6 Å². The normalized spacial score (nSPS) is 13.1. The molecule has 24 heavy (non-hydrogen) atoms. The van der Waals surface area contributed by atoms with E-state index >= 15 is 0 Å². The smallest absolute Gasteiger partial charge is 0.339 e. The quantitative estimate of drug-likeness (QED) is 0.218. The summed E-state index contributed by atoms with van der Waals surface area (Å²) in [6.07, 6.45) is -2.68. The van der Waals surface area contributed by atoms with Crippen LogP contribution in [0.2, 0.25) is 0 Å². The zero-order chi connectivity index (χ0) is 18.7. The third-order valence-corrected chi connectivity index (χ3v) is 2.89. The number of carbonyl (C=O) groups is 3. The van der Waals surface area contributed by atoms with E-state index in [1.165, 1.54) is 0 Å². The van der Waals surface area contributed by atoms with Crippen molar-refractivity contribution in [1.82, 2.24) is 0 Å². The average molecular weight is 408 g/mol. The standard InChI is InChI=1S/C13H17Cl3O8/c1-7(2-8(17)4-24-13(21)11(15)16)12(20)23-6-9(18)5-22-10(19)3-14/h8-9,11,17-18H,1-6H2. The van der Waals surface area contributed by atoms with Crippen LogP contribution < -0.4 is 0 Å². The third kappa shape index (κ3) is 10.7. The highest BCUT2D eigenvalue weighted by molar-refractivity contribution is 6.52. The summed E-state index contributed by atoms with van der Waals surface area (Å²) in [5, 5.41) is 19.0. The van der Waals surface area contributed by atoms with E-state index in [2.05, 4.69) is 16.1 Å². The Morgan fingerprint density at radius 2 is 1.50 bits per heavy atom. The number of carbonyl (C=O) groups excluding carboxylic acids is 3. The van der Waals surface area contributed by atoms with Crippen molar-refractivity contribution < 1.29 is 38.8 Å². The molecule has 2 N–H and O–H groups in total. The fourth-order valence-corrected chi connectivity index (χ4v) is 1.42. The molecule has 2 atom stereocenters. The fourth-order valence-electron chi connectivity index (χ4n) is 1.22. The SMILES string of the molecule is C=C(CC(O)COC(=O)C(Cl)Cl)C(=O)OCC(O)COC(=O)CCl. The van der Waals surface area contributed by atoms with Crippen molar-refractivity contribution in [3.05, 3.63) is 12.2 Å². The molecular formula is C13H17Cl3O8. The van der Waals surface area contributed by atoms with Crippen LogP contribution >= 0.6 is 34.8 Å². The molecule has 0 fully saturated rings. The second kappa shape index (κ2) is 12.3. The summed E-state index contributed by atoms with van der Waals surface area (Å²) in [5.74, 6) is -2.89. The third-order valence-electron chi connectivity index (χ3n) is 2.32. The number of ether oxygens (including phenoxy) is 3. The number of esters is 3. The van der Waals surface area contributed by atoms with E-state index in [4.69, 9.17) is 39.5 Å². The van der Waals surface area contributed by atoms with Crippen LogP contribution in [0.3, 0.4) is 0 Å². The van der Waals surface area contributed by atoms with Crippen LogP contribution in [0.1, 0.15) is 6.42 Å². The van der Waals surface area contributed by atoms with E-state index in [0.29, 0.717) is 0 Å². The highest BCUT2D eigenvalue weighted by Crippen LogP contribution is 2.09. The van der Waals surface area contributed by atoms with E-state index < -0.39 is 48.2 Å². The first kappa shape index (κ1) is 22.9. The zero-order valence-corrected chi connectivity index (χ0v) is 14.7. The molecule has 0 heterocycles. The van der Waals surface area contributed by atoms with Gasteiger partial charge in [0.25, 0.3) is 0 Å². The Bertz CT molecular complexity index is 454. The summed E-state index contributed by atoms with van der Waals surface area (Å²) in [5.41, 5.74) is -0.114. The van der Waals surface area contributed by atoms with E-state index in [1.54, 1.807) is 0 Å². The predicted octanol–water partition coefficient (Wildman–Crippen LogP) is 0.327. The predicted molar refractivity (Wildman–Crippen MR) is 84.9 cm³/mol. The van der Waals surface area contributed by atoms with Gasteiger partial charge in [-0.05, 0) is 0 Å². The van der Waals surface area contributed by atoms with Crippen molar-refractivity contribution in [1.29, 1.82) is 0 Å². The minimum atomic E-state index is -1.38. The number of aliphatic hydroxyl groups is 2. The molecule has 0 spiro atoms. The Morgan fingerprint density at radius 1 is 0.958 bits per heavy atom. The molecule has 2 unspecified atom stereocenters. The number of halogens is 3. The Morgan fingerprint density at radius 3 is 2.04 bits per heavy atom. The molecule has 0 aliphatic rings. The van der Waals surface area contributed by atoms with E-state index in [0.717, 1.165) is 0 Å². The summed E-state index contributed by atoms with van der Waals surface area (Å²) in [6.45, 7) is 2.15. The average Bonchev–Trinajstić information content (AvgIpc) is 2.54. The first-order valence-electron chi connectivity index (χ1n) is 6.54. The van der Waals surface area contributed by atoms with Crippen molar-refractivity contribution in [3.8, 4) is 0 Å². The van der Waals surface area contributed by atoms with Gasteiger partial charge in [-0.15, -0.1) is 11.6 Å². The van der Waals surface area contributed by atoms with Crippen LogP contribution in [0.15, 0.2) is 12.2 Å². The molecule has 0 aliphatic carbocycles. The van der Waals surface area contributed by atoms with Gasteiger partial charge in [-0.1, -0.05) is 29.8 Å². The number of hydrogen-bond donors (Lipinski definition) is 2. The molecule has 0 aromatic heterocycles. The molecule has 0 amide bonds. The molecule has 0 saturated carbocycles. The zero-order valence-electron chi connectivity index (χ0n) is 12.5. The molecule has 11 heteroatoms. The Hall–Kier alpha value is -1.06. The van der Waals surface area contributed by atoms with Gasteiger partial charge in [-0.3, -0.25) is 4.79 Å². The van der Waals surface area contributed by atoms with Gasteiger partial charge in [0.1, 0.15) is 31.8 Å². The van der Waals surface area contributed by atoms with Crippen LogP contribution in [0.5, 0.6) is 0 Å². The van der Waals surface area contributed by atoms with Gasteiger partial charge in [-0.2, -0.15) is 0 Å². The molecular weight excluding hydrogens is 390 g/mol. The van der Waals surface area contributed by atoms with Crippen molar-refractivity contribution in [3.63, 3.8) is 0 Å². The van der Waals surface area contributed by atoms with Crippen LogP contribution in [0.25, 0.3) is 0 Å². The Labute approximate surface area is 153 Å². The summed E-state index contributed by atoms with van der Waals surface area (Å²) in [4.78, 5) is 32.0. The van der Waals surface area contributed by atoms with Crippen molar-refractivity contribution in [2.24, 2.45) is 0 Å². The molecule has 0 radical (unpaired) electrons. The maximum atomic E-state index is 11.6.